The van der Waals surface area contributed by atoms with Crippen molar-refractivity contribution in [1.82, 2.24) is 6.15 Å². The summed E-state index contributed by atoms with van der Waals surface area (Å²) in [6, 6.07) is 0. The van der Waals surface area contributed by atoms with E-state index in [0.29, 0.717) is 0 Å². The maximum absolute atomic E-state index is 9.46. The van der Waals surface area contributed by atoms with Crippen LogP contribution < -0.4 is 6.15 Å². The largest absolute Gasteiger partial charge is 0.481 e. The molecule has 0 aliphatic rings. The Labute approximate surface area is 34.4 Å². The Kier molecular flexibility index (Phi) is 1.21. The predicted molar refractivity (Wildman–Crippen MR) is 18.3 cm³/mol. The molecule has 0 rings (SSSR count). The summed E-state index contributed by atoms with van der Waals surface area (Å²) in [6.07, 6.45) is 0. The average Bonchev–Trinajstić information content (AvgIpc) is 1.31. The summed E-state index contributed by atoms with van der Waals surface area (Å²) < 4.78 is 18.4. The highest BCUT2D eigenvalue weighted by Crippen LogP contribution is 1.42. The number of hydrogen-bond donors (Lipinski definition) is 2. The lowest BCUT2D eigenvalue weighted by Crippen LogP contribution is -1.78. The highest BCUT2D eigenvalue weighted by molar-refractivity contribution is 5.62. The van der Waals surface area contributed by atoms with Crippen molar-refractivity contribution in [2.75, 3.05) is 0 Å². The van der Waals surface area contributed by atoms with E-state index in [1.54, 1.807) is 0 Å². The van der Waals surface area contributed by atoms with Crippen LogP contribution in [0.15, 0.2) is 0 Å². The van der Waals surface area contributed by atoms with Crippen molar-refractivity contribution < 1.29 is 14.0 Å². The van der Waals surface area contributed by atoms with Crippen molar-refractivity contribution in [3.05, 3.63) is 0 Å². The molecular weight excluding hydrogens is 72.0 g/mol. The minimum absolute atomic E-state index is 0. The van der Waals surface area contributed by atoms with E-state index < -0.39 is 12.8 Å². The maximum atomic E-state index is 9.46. The van der Waals surface area contributed by atoms with E-state index in [4.69, 9.17) is 9.22 Å². The lowest BCUT2D eigenvalue weighted by Gasteiger charge is -1.59. The molecule has 0 atom stereocenters. The summed E-state index contributed by atoms with van der Waals surface area (Å²) in [4.78, 5) is 9.46. The Morgan fingerprint density at radius 2 is 2.40 bits per heavy atom. The molecule has 0 aromatic rings. The van der Waals surface area contributed by atoms with Crippen molar-refractivity contribution in [3.8, 4) is 0 Å². The fourth-order valence-electron chi connectivity index (χ4n) is 0. The molecule has 0 aliphatic carbocycles. The zero-order chi connectivity index (χ0) is 6.08. The van der Waals surface area contributed by atoms with Crippen LogP contribution in [0.1, 0.15) is 11.0 Å². The van der Waals surface area contributed by atoms with Gasteiger partial charge in [-0.3, -0.25) is 4.79 Å². The molecule has 0 spiro atoms. The third-order valence-corrected chi connectivity index (χ3v) is 0. The fourth-order valence-corrected chi connectivity index (χ4v) is 0. The average molecular weight is 82.1 g/mol. The molecule has 5 heavy (non-hydrogen) atoms. The van der Waals surface area contributed by atoms with Crippen LogP contribution in [-0.4, -0.2) is 11.1 Å². The van der Waals surface area contributed by atoms with Crippen LogP contribution in [-0.2, 0) is 4.79 Å². The molecule has 0 heterocycles. The zero-order valence-corrected chi connectivity index (χ0v) is 2.56. The molecule has 0 unspecified atom stereocenters. The highest BCUT2D eigenvalue weighted by atomic mass is 16.5. The molecule has 0 radical (unpaired) electrons. The van der Waals surface area contributed by atoms with Crippen molar-refractivity contribution >= 4 is 5.97 Å². The van der Waals surface area contributed by atoms with E-state index in [2.05, 4.69) is 0 Å². The van der Waals surface area contributed by atoms with Crippen LogP contribution in [0.5, 0.6) is 0 Å². The summed E-state index contributed by atoms with van der Waals surface area (Å²) in [6.45, 7) is -2.83. The standard InChI is InChI=1S/C2H4O2.H3N/c1-2(3)4;/h1H3,(H,3,4);1H3/i1+1D3,2+1;. The SMILES string of the molecule is N.[2H][13C]([2H])([2H])[13C](=O)O. The topological polar surface area (TPSA) is 72.3 Å². The molecule has 4 N–H and O–H groups in total. The lowest BCUT2D eigenvalue weighted by atomic mass is 11.8. The number of carbonyl (C=O) groups is 1. The van der Waals surface area contributed by atoms with Gasteiger partial charge in [-0.1, -0.05) is 0 Å². The van der Waals surface area contributed by atoms with Gasteiger partial charge in [-0.05, 0) is 0 Å². The van der Waals surface area contributed by atoms with E-state index >= 15 is 0 Å². The van der Waals surface area contributed by atoms with Gasteiger partial charge in [-0.2, -0.15) is 0 Å². The summed E-state index contributed by atoms with van der Waals surface area (Å²) in [5, 5.41) is 7.69. The minimum atomic E-state index is -2.83. The highest BCUT2D eigenvalue weighted by Gasteiger charge is 1.65. The Hall–Kier alpha value is -0.570. The van der Waals surface area contributed by atoms with Crippen LogP contribution in [0.25, 0.3) is 0 Å². The van der Waals surface area contributed by atoms with E-state index in [0.717, 1.165) is 0 Å². The molecule has 0 aromatic heterocycles. The molecule has 3 heteroatoms. The zero-order valence-electron chi connectivity index (χ0n) is 5.56. The van der Waals surface area contributed by atoms with Gasteiger partial charge in [0.25, 0.3) is 5.97 Å². The van der Waals surface area contributed by atoms with Crippen LogP contribution in [0.4, 0.5) is 0 Å². The van der Waals surface area contributed by atoms with Crippen molar-refractivity contribution in [2.24, 2.45) is 0 Å². The lowest BCUT2D eigenvalue weighted by molar-refractivity contribution is -0.134. The van der Waals surface area contributed by atoms with Gasteiger partial charge in [0.15, 0.2) is 0 Å². The Balaban J connectivity index is 0. The normalized spacial score (nSPS) is 16.4. The molecule has 0 saturated heterocycles. The van der Waals surface area contributed by atoms with E-state index in [1.807, 2.05) is 0 Å². The smallest absolute Gasteiger partial charge is 0.300 e. The van der Waals surface area contributed by atoms with Crippen LogP contribution in [0, 0.1) is 0 Å². The monoisotopic (exact) mass is 82.1 g/mol. The molecular formula is C2H7NO2. The minimum Gasteiger partial charge on any atom is -0.481 e. The molecule has 0 saturated carbocycles. The van der Waals surface area contributed by atoms with Crippen LogP contribution in [0.3, 0.4) is 0 Å². The number of carboxylic acid groups (broad SMARTS) is 1. The number of rotatable bonds is 0. The Bertz CT molecular complexity index is 87.8. The van der Waals surface area contributed by atoms with Gasteiger partial charge >= 0.3 is 0 Å². The molecule has 32 valence electrons. The third-order valence-electron chi connectivity index (χ3n) is 0. The van der Waals surface area contributed by atoms with Crippen molar-refractivity contribution in [1.29, 1.82) is 0 Å². The van der Waals surface area contributed by atoms with Gasteiger partial charge in [-0.15, -0.1) is 0 Å². The number of hydrogen-bond acceptors (Lipinski definition) is 2. The first-order valence-electron chi connectivity index (χ1n) is 2.18. The first-order valence-corrected chi connectivity index (χ1v) is 0.678. The first kappa shape index (κ1) is 1.77. The van der Waals surface area contributed by atoms with Crippen molar-refractivity contribution in [2.45, 2.75) is 6.85 Å². The van der Waals surface area contributed by atoms with Gasteiger partial charge in [0.1, 0.15) is 0 Å². The van der Waals surface area contributed by atoms with Gasteiger partial charge in [0.05, 0.1) is 0 Å². The number of aliphatic carboxylic acids is 1. The van der Waals surface area contributed by atoms with Crippen LogP contribution in [0.2, 0.25) is 0 Å². The quantitative estimate of drug-likeness (QED) is 0.411. The molecule has 0 aromatic carbocycles. The van der Waals surface area contributed by atoms with E-state index in [9.17, 15) is 4.79 Å². The Morgan fingerprint density at radius 1 is 2.20 bits per heavy atom. The molecule has 0 bridgehead atoms. The molecule has 3 nitrogen and oxygen atoms in total. The predicted octanol–water partition coefficient (Wildman–Crippen LogP) is 0.253. The molecule has 0 aliphatic heterocycles. The van der Waals surface area contributed by atoms with Gasteiger partial charge in [0.2, 0.25) is 0 Å². The maximum Gasteiger partial charge on any atom is 0.300 e. The summed E-state index contributed by atoms with van der Waals surface area (Å²) in [7, 11) is 0. The second-order valence-corrected chi connectivity index (χ2v) is 0.305. The second kappa shape index (κ2) is 3.43. The summed E-state index contributed by atoms with van der Waals surface area (Å²) >= 11 is 0. The second-order valence-electron chi connectivity index (χ2n) is 0.305. The van der Waals surface area contributed by atoms with E-state index in [1.165, 1.54) is 0 Å². The van der Waals surface area contributed by atoms with E-state index in [-0.39, 0.29) is 6.15 Å². The van der Waals surface area contributed by atoms with Crippen LogP contribution >= 0.6 is 0 Å². The summed E-state index contributed by atoms with van der Waals surface area (Å²) in [5.41, 5.74) is 0. The van der Waals surface area contributed by atoms with Crippen molar-refractivity contribution in [3.63, 3.8) is 0 Å². The first-order chi connectivity index (χ1) is 2.94. The molecule has 0 fully saturated rings. The van der Waals surface area contributed by atoms with Gasteiger partial charge in [-0.25, -0.2) is 0 Å². The van der Waals surface area contributed by atoms with Gasteiger partial charge < -0.3 is 11.3 Å². The third kappa shape index (κ3) is 21.6. The summed E-state index contributed by atoms with van der Waals surface area (Å²) in [5.74, 6) is -1.76. The fraction of sp³-hybridized carbons (Fsp3) is 0.500. The molecule has 0 amide bonds. The number of carboxylic acids is 1. The Morgan fingerprint density at radius 3 is 2.40 bits per heavy atom. The van der Waals surface area contributed by atoms with Gasteiger partial charge in [0, 0.05) is 11.0 Å².